The lowest BCUT2D eigenvalue weighted by Gasteiger charge is -2.14. The summed E-state index contributed by atoms with van der Waals surface area (Å²) in [4.78, 5) is 0. The highest BCUT2D eigenvalue weighted by molar-refractivity contribution is 6.84. The van der Waals surface area contributed by atoms with Crippen molar-refractivity contribution in [2.75, 3.05) is 13.7 Å². The fourth-order valence-corrected chi connectivity index (χ4v) is 1.89. The van der Waals surface area contributed by atoms with Gasteiger partial charge in [-0.2, -0.15) is 5.47 Å². The van der Waals surface area contributed by atoms with Crippen LogP contribution in [-0.2, 0) is 0 Å². The van der Waals surface area contributed by atoms with E-state index in [0.717, 1.165) is 23.3 Å². The van der Waals surface area contributed by atoms with Crippen LogP contribution >= 0.6 is 0 Å². The standard InChI is InChI=1S/C11H12BN2O/c1-15-10-4-2-9(3-5-10)11-6-7-14-12(11)8-13/h2-6,12,14H,7H2,1H3/q-1. The van der Waals surface area contributed by atoms with Gasteiger partial charge in [0.05, 0.1) is 7.11 Å². The van der Waals surface area contributed by atoms with Crippen LogP contribution in [0.3, 0.4) is 0 Å². The molecule has 2 rings (SSSR count). The van der Waals surface area contributed by atoms with Crippen LogP contribution in [0, 0.1) is 11.2 Å². The van der Waals surface area contributed by atoms with E-state index in [9.17, 15) is 0 Å². The molecule has 1 N–H and O–H groups in total. The molecule has 0 amide bonds. The molecule has 1 aromatic rings. The normalized spacial score (nSPS) is 19.5. The van der Waals surface area contributed by atoms with Gasteiger partial charge in [0.25, 0.3) is 0 Å². The third-order valence-electron chi connectivity index (χ3n) is 2.74. The Kier molecular flexibility index (Phi) is 2.75. The minimum Gasteiger partial charge on any atom is -0.497 e. The minimum absolute atomic E-state index is 0.801. The second-order valence-electron chi connectivity index (χ2n) is 3.60. The first kappa shape index (κ1) is 9.82. The molecule has 1 aromatic carbocycles. The molecule has 0 fully saturated rings. The Balaban J connectivity index is 2.27. The number of nitriles is 1. The summed E-state index contributed by atoms with van der Waals surface area (Å²) in [7, 11) is 1.65. The molecule has 0 radical (unpaired) electrons. The molecule has 0 bridgehead atoms. The van der Waals surface area contributed by atoms with Gasteiger partial charge in [-0.1, -0.05) is 17.7 Å². The molecule has 0 aromatic heterocycles. The van der Waals surface area contributed by atoms with Crippen LogP contribution in [0.4, 0.5) is 0 Å². The summed E-state index contributed by atoms with van der Waals surface area (Å²) in [6.07, 6.45) is 2.09. The smallest absolute Gasteiger partial charge is 0.178 e. The van der Waals surface area contributed by atoms with Gasteiger partial charge in [-0.3, -0.25) is 0 Å². The van der Waals surface area contributed by atoms with Gasteiger partial charge in [-0.05, 0) is 18.7 Å². The van der Waals surface area contributed by atoms with Crippen molar-refractivity contribution in [3.05, 3.63) is 35.9 Å². The van der Waals surface area contributed by atoms with Gasteiger partial charge in [0.1, 0.15) is 5.75 Å². The van der Waals surface area contributed by atoms with E-state index in [1.54, 1.807) is 7.11 Å². The van der Waals surface area contributed by atoms with Gasteiger partial charge >= 0.3 is 0 Å². The van der Waals surface area contributed by atoms with Crippen molar-refractivity contribution in [2.45, 2.75) is 0 Å². The average molecular weight is 199 g/mol. The lowest BCUT2D eigenvalue weighted by atomic mass is 9.57. The van der Waals surface area contributed by atoms with Crippen molar-refractivity contribution in [3.63, 3.8) is 0 Å². The predicted octanol–water partition coefficient (Wildman–Crippen LogP) is 1.01. The van der Waals surface area contributed by atoms with Crippen molar-refractivity contribution in [2.24, 2.45) is 0 Å². The number of ether oxygens (including phenoxy) is 1. The Morgan fingerprint density at radius 3 is 2.73 bits per heavy atom. The molecule has 76 valence electrons. The highest BCUT2D eigenvalue weighted by atomic mass is 16.5. The van der Waals surface area contributed by atoms with Crippen LogP contribution in [0.15, 0.2) is 30.3 Å². The summed E-state index contributed by atoms with van der Waals surface area (Å²) in [6, 6.07) is 7.83. The molecular formula is C11H12BN2O-. The first-order chi connectivity index (χ1) is 7.35. The van der Waals surface area contributed by atoms with Gasteiger partial charge < -0.3 is 9.96 Å². The zero-order chi connectivity index (χ0) is 10.7. The topological polar surface area (TPSA) is 45.0 Å². The Labute approximate surface area is 89.5 Å². The Hall–Kier alpha value is -1.73. The number of hydrogen-bond donors (Lipinski definition) is 1. The Bertz CT molecular complexity index is 419. The molecule has 1 aliphatic rings. The lowest BCUT2D eigenvalue weighted by Crippen LogP contribution is -2.28. The van der Waals surface area contributed by atoms with Crippen LogP contribution in [-0.4, -0.2) is 20.5 Å². The molecule has 0 aliphatic carbocycles. The molecule has 1 aliphatic heterocycles. The molecule has 1 atom stereocenters. The quantitative estimate of drug-likeness (QED) is 0.723. The average Bonchev–Trinajstić information content (AvgIpc) is 2.77. The van der Waals surface area contributed by atoms with Gasteiger partial charge in [-0.25, -0.2) is 5.26 Å². The molecule has 1 heterocycles. The molecule has 4 heteroatoms. The number of methoxy groups -OCH3 is 1. The van der Waals surface area contributed by atoms with Gasteiger partial charge in [0, 0.05) is 0 Å². The first-order valence-electron chi connectivity index (χ1n) is 5.02. The van der Waals surface area contributed by atoms with E-state index in [2.05, 4.69) is 17.3 Å². The molecule has 0 spiro atoms. The third-order valence-corrected chi connectivity index (χ3v) is 2.74. The minimum atomic E-state index is -1.00. The Morgan fingerprint density at radius 1 is 1.40 bits per heavy atom. The van der Waals surface area contributed by atoms with Crippen molar-refractivity contribution >= 4 is 12.3 Å². The van der Waals surface area contributed by atoms with Crippen LogP contribution < -0.4 is 9.96 Å². The second-order valence-corrected chi connectivity index (χ2v) is 3.60. The lowest BCUT2D eigenvalue weighted by molar-refractivity contribution is 0.415. The van der Waals surface area contributed by atoms with Crippen LogP contribution in [0.2, 0.25) is 0 Å². The van der Waals surface area contributed by atoms with Crippen molar-refractivity contribution in [3.8, 4) is 11.7 Å². The molecular weight excluding hydrogens is 187 g/mol. The largest absolute Gasteiger partial charge is 0.497 e. The number of benzene rings is 1. The summed E-state index contributed by atoms with van der Waals surface area (Å²) in [5.41, 5.74) is 2.25. The predicted molar refractivity (Wildman–Crippen MR) is 61.7 cm³/mol. The number of rotatable bonds is 2. The summed E-state index contributed by atoms with van der Waals surface area (Å²) >= 11 is 0. The van der Waals surface area contributed by atoms with Crippen LogP contribution in [0.1, 0.15) is 5.56 Å². The van der Waals surface area contributed by atoms with Gasteiger partial charge in [-0.15, -0.1) is 12.0 Å². The van der Waals surface area contributed by atoms with E-state index in [4.69, 9.17) is 10.00 Å². The molecule has 1 unspecified atom stereocenters. The fraction of sp³-hybridized carbons (Fsp3) is 0.182. The van der Waals surface area contributed by atoms with E-state index in [0.29, 0.717) is 0 Å². The van der Waals surface area contributed by atoms with Crippen LogP contribution in [0.25, 0.3) is 5.47 Å². The highest BCUT2D eigenvalue weighted by Gasteiger charge is 2.12. The van der Waals surface area contributed by atoms with Crippen molar-refractivity contribution in [1.82, 2.24) is 5.23 Å². The first-order valence-corrected chi connectivity index (χ1v) is 5.02. The third kappa shape index (κ3) is 1.88. The maximum atomic E-state index is 8.96. The number of nitrogens with one attached hydrogen (secondary N) is 1. The fourth-order valence-electron chi connectivity index (χ4n) is 1.89. The zero-order valence-electron chi connectivity index (χ0n) is 8.66. The molecule has 0 saturated heterocycles. The van der Waals surface area contributed by atoms with E-state index >= 15 is 0 Å². The summed E-state index contributed by atoms with van der Waals surface area (Å²) < 4.78 is 5.09. The van der Waals surface area contributed by atoms with E-state index in [-0.39, 0.29) is 0 Å². The SMILES string of the molecule is COc1ccc(C2=CCN[BH-]2C#N)cc1. The monoisotopic (exact) mass is 199 g/mol. The number of hydrogen-bond acceptors (Lipinski definition) is 3. The van der Waals surface area contributed by atoms with Crippen LogP contribution in [0.5, 0.6) is 5.75 Å². The summed E-state index contributed by atoms with van der Waals surface area (Å²) in [5.74, 6) is 3.16. The maximum Gasteiger partial charge on any atom is 0.178 e. The molecule has 3 nitrogen and oxygen atoms in total. The number of nitrogens with zero attached hydrogens (tertiary/aromatic N) is 1. The highest BCUT2D eigenvalue weighted by Crippen LogP contribution is 2.21. The zero-order valence-corrected chi connectivity index (χ0v) is 8.66. The molecule has 15 heavy (non-hydrogen) atoms. The van der Waals surface area contributed by atoms with E-state index < -0.39 is 6.85 Å². The van der Waals surface area contributed by atoms with Gasteiger partial charge in [0.15, 0.2) is 6.85 Å². The second kappa shape index (κ2) is 4.20. The summed E-state index contributed by atoms with van der Waals surface area (Å²) in [6.45, 7) is -0.203. The Morgan fingerprint density at radius 2 is 2.13 bits per heavy atom. The molecule has 0 saturated carbocycles. The van der Waals surface area contributed by atoms with E-state index in [1.807, 2.05) is 24.3 Å². The maximum absolute atomic E-state index is 8.96. The summed E-state index contributed by atoms with van der Waals surface area (Å²) in [5, 5.41) is 12.1. The van der Waals surface area contributed by atoms with Gasteiger partial charge in [0.2, 0.25) is 0 Å². The van der Waals surface area contributed by atoms with Crippen molar-refractivity contribution < 1.29 is 4.74 Å². The van der Waals surface area contributed by atoms with E-state index in [1.165, 1.54) is 0 Å². The van der Waals surface area contributed by atoms with Crippen molar-refractivity contribution in [1.29, 1.82) is 5.26 Å².